The molecule has 0 heterocycles. The van der Waals surface area contributed by atoms with Gasteiger partial charge in [-0.3, -0.25) is 4.79 Å². The van der Waals surface area contributed by atoms with Gasteiger partial charge in [-0.25, -0.2) is 0 Å². The van der Waals surface area contributed by atoms with Crippen LogP contribution in [0.5, 0.6) is 0 Å². The Labute approximate surface area is 336 Å². The minimum Gasteiger partial charge on any atom is -0.463 e. The fourth-order valence-corrected chi connectivity index (χ4v) is 11.5. The molecule has 0 saturated heterocycles. The zero-order chi connectivity index (χ0) is 39.6. The molecule has 0 aliphatic heterocycles. The van der Waals surface area contributed by atoms with Gasteiger partial charge in [0.2, 0.25) is 0 Å². The van der Waals surface area contributed by atoms with Crippen molar-refractivity contribution < 1.29 is 37.6 Å². The Morgan fingerprint density at radius 1 is 0.455 bits per heavy atom. The van der Waals surface area contributed by atoms with Crippen LogP contribution in [-0.4, -0.2) is 93.6 Å². The smallest absolute Gasteiger partial charge is 0.305 e. The summed E-state index contributed by atoms with van der Waals surface area (Å²) in [7, 11) is -2.54. The zero-order valence-corrected chi connectivity index (χ0v) is 36.3. The zero-order valence-electron chi connectivity index (χ0n) is 35.3. The van der Waals surface area contributed by atoms with Crippen LogP contribution >= 0.6 is 0 Å². The van der Waals surface area contributed by atoms with E-state index in [1.807, 2.05) is 0 Å². The van der Waals surface area contributed by atoms with Crippen LogP contribution in [0, 0.1) is 0 Å². The van der Waals surface area contributed by atoms with E-state index in [1.165, 1.54) is 93.8 Å². The van der Waals surface area contributed by atoms with Crippen LogP contribution in [0.25, 0.3) is 0 Å². The number of hydrogen-bond acceptors (Lipinski definition) is 8. The minimum atomic E-state index is -2.54. The molecule has 8 nitrogen and oxygen atoms in total. The maximum atomic E-state index is 12.0. The maximum absolute atomic E-state index is 12.0. The predicted molar refractivity (Wildman–Crippen MR) is 228 cm³/mol. The van der Waals surface area contributed by atoms with Crippen molar-refractivity contribution in [1.29, 1.82) is 0 Å². The van der Waals surface area contributed by atoms with Crippen LogP contribution in [0.1, 0.15) is 130 Å². The normalized spacial score (nSPS) is 12.0. The second kappa shape index (κ2) is 32.9. The van der Waals surface area contributed by atoms with E-state index < -0.39 is 8.32 Å². The SMILES string of the molecule is CCCCCCCCCCCCCCCCCC(=O)OCCOCCOCCOCCOCCOCCO[Si](c1ccccc1)(c1ccccc1)C(C)(C)C. The first-order valence-electron chi connectivity index (χ1n) is 21.7. The van der Waals surface area contributed by atoms with Crippen molar-refractivity contribution in [2.75, 3.05) is 79.3 Å². The molecule has 55 heavy (non-hydrogen) atoms. The molecule has 0 bridgehead atoms. The van der Waals surface area contributed by atoms with Crippen molar-refractivity contribution in [3.8, 4) is 0 Å². The first kappa shape index (κ1) is 49.0. The average molecular weight is 787 g/mol. The third-order valence-corrected chi connectivity index (χ3v) is 15.0. The molecule has 314 valence electrons. The summed E-state index contributed by atoms with van der Waals surface area (Å²) in [5.41, 5.74) is 0. The van der Waals surface area contributed by atoms with Crippen LogP contribution < -0.4 is 10.4 Å². The highest BCUT2D eigenvalue weighted by atomic mass is 28.4. The highest BCUT2D eigenvalue weighted by Gasteiger charge is 2.50. The maximum Gasteiger partial charge on any atom is 0.305 e. The first-order chi connectivity index (χ1) is 26.9. The quantitative estimate of drug-likeness (QED) is 0.0381. The molecule has 0 aromatic heterocycles. The van der Waals surface area contributed by atoms with Crippen LogP contribution in [-0.2, 0) is 37.6 Å². The second-order valence-corrected chi connectivity index (χ2v) is 19.8. The monoisotopic (exact) mass is 787 g/mol. The molecule has 0 atom stereocenters. The lowest BCUT2D eigenvalue weighted by atomic mass is 10.0. The van der Waals surface area contributed by atoms with Gasteiger partial charge in [-0.05, 0) is 21.8 Å². The van der Waals surface area contributed by atoms with E-state index in [1.54, 1.807) is 0 Å². The fraction of sp³-hybridized carbons (Fsp3) is 0.717. The molecule has 0 radical (unpaired) electrons. The molecule has 0 saturated carbocycles. The lowest BCUT2D eigenvalue weighted by Crippen LogP contribution is -2.66. The molecule has 9 heteroatoms. The van der Waals surface area contributed by atoms with Gasteiger partial charge >= 0.3 is 5.97 Å². The van der Waals surface area contributed by atoms with E-state index in [9.17, 15) is 4.79 Å². The molecule has 0 aliphatic carbocycles. The summed E-state index contributed by atoms with van der Waals surface area (Å²) in [6.07, 6.45) is 20.3. The van der Waals surface area contributed by atoms with Crippen LogP contribution in [0.4, 0.5) is 0 Å². The fourth-order valence-electron chi connectivity index (χ4n) is 6.92. The third kappa shape index (κ3) is 23.0. The van der Waals surface area contributed by atoms with Crippen LogP contribution in [0.3, 0.4) is 0 Å². The number of esters is 1. The lowest BCUT2D eigenvalue weighted by molar-refractivity contribution is -0.145. The molecule has 2 rings (SSSR count). The highest BCUT2D eigenvalue weighted by Crippen LogP contribution is 2.36. The number of hydrogen-bond donors (Lipinski definition) is 0. The van der Waals surface area contributed by atoms with Crippen LogP contribution in [0.2, 0.25) is 5.04 Å². The Hall–Kier alpha value is -2.11. The molecule has 0 unspecified atom stereocenters. The van der Waals surface area contributed by atoms with Crippen molar-refractivity contribution in [2.24, 2.45) is 0 Å². The Balaban J connectivity index is 1.33. The molecule has 0 amide bonds. The number of carbonyl (C=O) groups excluding carboxylic acids is 1. The van der Waals surface area contributed by atoms with Crippen molar-refractivity contribution in [3.63, 3.8) is 0 Å². The summed E-state index contributed by atoms with van der Waals surface area (Å²) in [6.45, 7) is 14.8. The summed E-state index contributed by atoms with van der Waals surface area (Å²) in [4.78, 5) is 12.0. The van der Waals surface area contributed by atoms with E-state index in [4.69, 9.17) is 32.8 Å². The van der Waals surface area contributed by atoms with E-state index in [2.05, 4.69) is 88.4 Å². The topological polar surface area (TPSA) is 81.7 Å². The summed E-state index contributed by atoms with van der Waals surface area (Å²) in [5.74, 6) is -0.125. The highest BCUT2D eigenvalue weighted by molar-refractivity contribution is 6.99. The Morgan fingerprint density at radius 3 is 1.15 bits per heavy atom. The lowest BCUT2D eigenvalue weighted by Gasteiger charge is -2.43. The summed E-state index contributed by atoms with van der Waals surface area (Å²) in [5, 5.41) is 2.48. The summed E-state index contributed by atoms with van der Waals surface area (Å²) < 4.78 is 40.3. The number of unbranched alkanes of at least 4 members (excludes halogenated alkanes) is 14. The average Bonchev–Trinajstić information content (AvgIpc) is 3.19. The summed E-state index contributed by atoms with van der Waals surface area (Å²) in [6, 6.07) is 21.3. The Bertz CT molecular complexity index is 1100. The van der Waals surface area contributed by atoms with Crippen molar-refractivity contribution >= 4 is 24.7 Å². The van der Waals surface area contributed by atoms with E-state index in [-0.39, 0.29) is 11.0 Å². The van der Waals surface area contributed by atoms with Crippen molar-refractivity contribution in [1.82, 2.24) is 0 Å². The van der Waals surface area contributed by atoms with Gasteiger partial charge in [-0.2, -0.15) is 0 Å². The number of ether oxygens (including phenoxy) is 6. The standard InChI is InChI=1S/C46H78O8Si/c1-5-6-7-8-9-10-11-12-13-14-15-16-17-18-25-30-45(47)53-41-39-51-37-35-49-33-31-48-32-34-50-36-38-52-40-42-54-55(46(2,3)4,43-26-21-19-22-27-43)44-28-23-20-24-29-44/h19-24,26-29H,5-18,25,30-42H2,1-4H3. The number of rotatable bonds is 37. The van der Waals surface area contributed by atoms with Gasteiger partial charge in [0.1, 0.15) is 6.61 Å². The first-order valence-corrected chi connectivity index (χ1v) is 23.6. The largest absolute Gasteiger partial charge is 0.463 e. The van der Waals surface area contributed by atoms with E-state index >= 15 is 0 Å². The van der Waals surface area contributed by atoms with Crippen molar-refractivity contribution in [2.45, 2.75) is 135 Å². The molecular formula is C46H78O8Si. The van der Waals surface area contributed by atoms with E-state index in [0.717, 1.165) is 12.8 Å². The van der Waals surface area contributed by atoms with Gasteiger partial charge in [0.25, 0.3) is 8.32 Å². The Morgan fingerprint density at radius 2 is 0.782 bits per heavy atom. The van der Waals surface area contributed by atoms with Crippen LogP contribution in [0.15, 0.2) is 60.7 Å². The van der Waals surface area contributed by atoms with Gasteiger partial charge in [-0.1, -0.05) is 178 Å². The van der Waals surface area contributed by atoms with Crippen molar-refractivity contribution in [3.05, 3.63) is 60.7 Å². The van der Waals surface area contributed by atoms with Gasteiger partial charge in [0.05, 0.1) is 72.7 Å². The predicted octanol–water partition coefficient (Wildman–Crippen LogP) is 9.45. The molecule has 2 aromatic rings. The molecule has 0 fully saturated rings. The van der Waals surface area contributed by atoms with Gasteiger partial charge in [0, 0.05) is 6.42 Å². The summed E-state index contributed by atoms with van der Waals surface area (Å²) >= 11 is 0. The van der Waals surface area contributed by atoms with Gasteiger partial charge < -0.3 is 32.8 Å². The van der Waals surface area contributed by atoms with E-state index in [0.29, 0.717) is 85.7 Å². The molecule has 0 N–H and O–H groups in total. The molecule has 2 aromatic carbocycles. The molecular weight excluding hydrogens is 709 g/mol. The number of carbonyl (C=O) groups is 1. The van der Waals surface area contributed by atoms with Gasteiger partial charge in [-0.15, -0.1) is 0 Å². The Kier molecular flexibility index (Phi) is 29.3. The molecule has 0 aliphatic rings. The third-order valence-electron chi connectivity index (χ3n) is 9.93. The van der Waals surface area contributed by atoms with Gasteiger partial charge in [0.15, 0.2) is 0 Å². The second-order valence-electron chi connectivity index (χ2n) is 15.5. The minimum absolute atomic E-state index is 0.0553. The molecule has 0 spiro atoms. The number of benzene rings is 2.